The Bertz CT molecular complexity index is 1610. The van der Waals surface area contributed by atoms with Crippen molar-refractivity contribution in [1.82, 2.24) is 31.1 Å². The van der Waals surface area contributed by atoms with Crippen LogP contribution in [-0.2, 0) is 41.6 Å². The largest absolute Gasteiger partial charge is 0.361 e. The van der Waals surface area contributed by atoms with Crippen LogP contribution in [0.3, 0.4) is 0 Å². The zero-order chi connectivity index (χ0) is 42.8. The molecule has 0 aromatic heterocycles. The maximum absolute atomic E-state index is 14.2. The van der Waals surface area contributed by atoms with Crippen molar-refractivity contribution in [3.8, 4) is 0 Å². The molecule has 4 rings (SSSR count). The van der Waals surface area contributed by atoms with Crippen LogP contribution in [0.1, 0.15) is 104 Å². The molecule has 2 heterocycles. The number of amides is 4. The van der Waals surface area contributed by atoms with E-state index in [4.69, 9.17) is 4.74 Å². The smallest absolute Gasteiger partial charge is 0.243 e. The van der Waals surface area contributed by atoms with Crippen LogP contribution in [0.15, 0.2) is 60.7 Å². The number of carbonyl (C=O) groups is 5. The first kappa shape index (κ1) is 47.5. The van der Waals surface area contributed by atoms with E-state index >= 15 is 0 Å². The van der Waals surface area contributed by atoms with Gasteiger partial charge in [-0.3, -0.25) is 24.0 Å². The molecule has 4 N–H and O–H groups in total. The zero-order valence-corrected chi connectivity index (χ0v) is 36.6. The third-order valence-corrected chi connectivity index (χ3v) is 11.4. The number of epoxide rings is 1. The second kappa shape index (κ2) is 24.2. The van der Waals surface area contributed by atoms with Crippen LogP contribution in [0, 0.1) is 11.8 Å². The predicted molar refractivity (Wildman–Crippen MR) is 233 cm³/mol. The molecule has 0 aliphatic carbocycles. The Balaban J connectivity index is 1.40. The molecule has 0 bridgehead atoms. The number of Topliss-reactive ketones (excluding diaryl/α,β-unsaturated/α-hetero) is 1. The van der Waals surface area contributed by atoms with Gasteiger partial charge in [0.05, 0.1) is 12.6 Å². The van der Waals surface area contributed by atoms with E-state index in [0.717, 1.165) is 76.0 Å². The van der Waals surface area contributed by atoms with Gasteiger partial charge >= 0.3 is 0 Å². The highest BCUT2D eigenvalue weighted by Crippen LogP contribution is 2.29. The molecule has 4 amide bonds. The van der Waals surface area contributed by atoms with Gasteiger partial charge in [-0.2, -0.15) is 0 Å². The molecule has 59 heavy (non-hydrogen) atoms. The number of hydrogen-bond donors (Lipinski definition) is 4. The van der Waals surface area contributed by atoms with Crippen LogP contribution in [0.2, 0.25) is 0 Å². The molecule has 12 heteroatoms. The SMILES string of the molecule is CC(C)C[C@H](NC(=O)[C@H](CCc1ccccc1)NC(=O)CCCCCCCN1CCN(C)CC1)C(=O)N[C@@H](Cc1ccccc1)C(=O)N[C@@H](CC(C)C)C(=O)[C@@]1(C)CO1. The summed E-state index contributed by atoms with van der Waals surface area (Å²) in [7, 11) is 2.17. The predicted octanol–water partition coefficient (Wildman–Crippen LogP) is 4.84. The van der Waals surface area contributed by atoms with Gasteiger partial charge in [0.25, 0.3) is 0 Å². The number of hydrogen-bond acceptors (Lipinski definition) is 8. The molecule has 12 nitrogen and oxygen atoms in total. The summed E-state index contributed by atoms with van der Waals surface area (Å²) in [6.07, 6.45) is 7.22. The molecular weight excluding hydrogens is 745 g/mol. The van der Waals surface area contributed by atoms with Crippen molar-refractivity contribution < 1.29 is 28.7 Å². The van der Waals surface area contributed by atoms with Crippen molar-refractivity contribution >= 4 is 29.4 Å². The third kappa shape index (κ3) is 17.2. The lowest BCUT2D eigenvalue weighted by atomic mass is 9.93. The Morgan fingerprint density at radius 2 is 1.15 bits per heavy atom. The Labute approximate surface area is 353 Å². The van der Waals surface area contributed by atoms with Gasteiger partial charge in [0.15, 0.2) is 5.78 Å². The maximum Gasteiger partial charge on any atom is 0.243 e. The summed E-state index contributed by atoms with van der Waals surface area (Å²) < 4.78 is 5.43. The van der Waals surface area contributed by atoms with Crippen LogP contribution < -0.4 is 21.3 Å². The van der Waals surface area contributed by atoms with Gasteiger partial charge in [-0.25, -0.2) is 0 Å². The van der Waals surface area contributed by atoms with Crippen LogP contribution in [0.25, 0.3) is 0 Å². The molecular formula is C47H72N6O6. The Morgan fingerprint density at radius 3 is 1.76 bits per heavy atom. The minimum absolute atomic E-state index is 0.0266. The van der Waals surface area contributed by atoms with Gasteiger partial charge in [0, 0.05) is 39.0 Å². The number of unbranched alkanes of at least 4 members (excludes halogenated alkanes) is 4. The Kier molecular flexibility index (Phi) is 19.5. The minimum Gasteiger partial charge on any atom is -0.361 e. The number of piperazine rings is 1. The lowest BCUT2D eigenvalue weighted by Crippen LogP contribution is -2.59. The van der Waals surface area contributed by atoms with Gasteiger partial charge < -0.3 is 35.8 Å². The summed E-state index contributed by atoms with van der Waals surface area (Å²) in [5.41, 5.74) is 0.948. The van der Waals surface area contributed by atoms with E-state index in [-0.39, 0.29) is 29.9 Å². The average Bonchev–Trinajstić information content (AvgIpc) is 3.97. The lowest BCUT2D eigenvalue weighted by molar-refractivity contribution is -0.135. The lowest BCUT2D eigenvalue weighted by Gasteiger charge is -2.32. The summed E-state index contributed by atoms with van der Waals surface area (Å²) in [4.78, 5) is 73.9. The molecule has 2 fully saturated rings. The van der Waals surface area contributed by atoms with E-state index in [9.17, 15) is 24.0 Å². The molecule has 2 aliphatic rings. The molecule has 5 atom stereocenters. The summed E-state index contributed by atoms with van der Waals surface area (Å²) >= 11 is 0. The first-order chi connectivity index (χ1) is 28.2. The van der Waals surface area contributed by atoms with Crippen molar-refractivity contribution in [2.75, 3.05) is 46.4 Å². The number of ether oxygens (including phenoxy) is 1. The van der Waals surface area contributed by atoms with E-state index in [1.165, 1.54) is 0 Å². The average molecular weight is 817 g/mol. The normalized spacial score (nSPS) is 19.1. The molecule has 0 unspecified atom stereocenters. The number of carbonyl (C=O) groups excluding carboxylic acids is 5. The first-order valence-corrected chi connectivity index (χ1v) is 22.1. The van der Waals surface area contributed by atoms with Gasteiger partial charge in [0.1, 0.15) is 23.7 Å². The van der Waals surface area contributed by atoms with Crippen molar-refractivity contribution in [1.29, 1.82) is 0 Å². The monoisotopic (exact) mass is 817 g/mol. The van der Waals surface area contributed by atoms with Crippen LogP contribution in [0.5, 0.6) is 0 Å². The van der Waals surface area contributed by atoms with Crippen molar-refractivity contribution in [2.24, 2.45) is 11.8 Å². The number of nitrogens with zero attached hydrogens (tertiary/aromatic N) is 2. The highest BCUT2D eigenvalue weighted by molar-refractivity contribution is 5.98. The van der Waals surface area contributed by atoms with Crippen molar-refractivity contribution in [3.05, 3.63) is 71.8 Å². The summed E-state index contributed by atoms with van der Waals surface area (Å²) in [6.45, 7) is 15.6. The van der Waals surface area contributed by atoms with E-state index in [2.05, 4.69) is 38.1 Å². The number of ketones is 1. The van der Waals surface area contributed by atoms with Gasteiger partial charge in [-0.15, -0.1) is 0 Å². The number of rotatable bonds is 26. The fourth-order valence-corrected chi connectivity index (χ4v) is 7.61. The minimum atomic E-state index is -1.02. The summed E-state index contributed by atoms with van der Waals surface area (Å²) in [5.74, 6) is -1.65. The number of aryl methyl sites for hydroxylation is 1. The first-order valence-electron chi connectivity index (χ1n) is 22.1. The van der Waals surface area contributed by atoms with E-state index in [0.29, 0.717) is 38.7 Å². The van der Waals surface area contributed by atoms with Crippen LogP contribution in [0.4, 0.5) is 0 Å². The third-order valence-electron chi connectivity index (χ3n) is 11.4. The fraction of sp³-hybridized carbons (Fsp3) is 0.638. The Hall–Kier alpha value is -4.13. The molecule has 2 aliphatic heterocycles. The second-order valence-corrected chi connectivity index (χ2v) is 17.8. The topological polar surface area (TPSA) is 152 Å². The van der Waals surface area contributed by atoms with Gasteiger partial charge in [0.2, 0.25) is 23.6 Å². The van der Waals surface area contributed by atoms with E-state index < -0.39 is 47.5 Å². The zero-order valence-electron chi connectivity index (χ0n) is 36.6. The van der Waals surface area contributed by atoms with Crippen LogP contribution >= 0.6 is 0 Å². The van der Waals surface area contributed by atoms with Crippen LogP contribution in [-0.4, -0.2) is 115 Å². The number of nitrogens with one attached hydrogen (secondary N) is 4. The number of likely N-dealkylation sites (N-methyl/N-ethyl adjacent to an activating group) is 1. The molecule has 2 aromatic rings. The van der Waals surface area contributed by atoms with E-state index in [1.807, 2.05) is 88.4 Å². The maximum atomic E-state index is 14.2. The molecule has 2 saturated heterocycles. The summed E-state index contributed by atoms with van der Waals surface area (Å²) in [5, 5.41) is 11.8. The van der Waals surface area contributed by atoms with Crippen molar-refractivity contribution in [3.63, 3.8) is 0 Å². The Morgan fingerprint density at radius 1 is 0.644 bits per heavy atom. The second-order valence-electron chi connectivity index (χ2n) is 17.8. The quantitative estimate of drug-likeness (QED) is 0.0779. The molecule has 0 radical (unpaired) electrons. The summed E-state index contributed by atoms with van der Waals surface area (Å²) in [6, 6.07) is 15.6. The highest BCUT2D eigenvalue weighted by atomic mass is 16.6. The molecule has 0 saturated carbocycles. The van der Waals surface area contributed by atoms with Crippen molar-refractivity contribution in [2.45, 2.75) is 135 Å². The van der Waals surface area contributed by atoms with E-state index in [1.54, 1.807) is 6.92 Å². The fourth-order valence-electron chi connectivity index (χ4n) is 7.61. The van der Waals surface area contributed by atoms with Gasteiger partial charge in [-0.1, -0.05) is 108 Å². The highest BCUT2D eigenvalue weighted by Gasteiger charge is 2.50. The molecule has 0 spiro atoms. The number of benzene rings is 2. The molecule has 326 valence electrons. The standard InChI is InChI=1S/C47H72N6O6/c1-34(2)30-39(43(55)47(5)33-59-47)49-46(58)41(32-37-20-14-11-15-21-37)51-45(57)40(31-35(3)4)50-44(56)38(24-23-36-18-12-10-13-19-36)48-42(54)22-16-8-7-9-17-25-53-28-26-52(6)27-29-53/h10-15,18-21,34-35,38-41H,7-9,16-17,22-33H2,1-6H3,(H,48,54)(H,49,58)(H,50,56)(H,51,57)/t38-,39-,40-,41-,47+/m0/s1. The van der Waals surface area contributed by atoms with Gasteiger partial charge in [-0.05, 0) is 82.0 Å². The molecule has 2 aromatic carbocycles.